The van der Waals surface area contributed by atoms with E-state index in [0.717, 1.165) is 23.2 Å². The highest BCUT2D eigenvalue weighted by Crippen LogP contribution is 2.25. The molecule has 1 amide bonds. The highest BCUT2D eigenvalue weighted by Gasteiger charge is 2.05. The second kappa shape index (κ2) is 4.13. The quantitative estimate of drug-likeness (QED) is 0.739. The standard InChI is InChI=1S/C13H13NO/c1-10(15)14-13-9-5-7-11-6-3-2-4-8-12(11)13/h3-9H,2H2,1H3,(H,14,15). The first-order valence-electron chi connectivity index (χ1n) is 5.01. The average Bonchev–Trinajstić information content (AvgIpc) is 2.42. The maximum atomic E-state index is 11.0. The van der Waals surface area contributed by atoms with Crippen molar-refractivity contribution in [3.63, 3.8) is 0 Å². The maximum Gasteiger partial charge on any atom is 0.221 e. The van der Waals surface area contributed by atoms with Crippen LogP contribution in [0, 0.1) is 0 Å². The van der Waals surface area contributed by atoms with E-state index in [4.69, 9.17) is 0 Å². The van der Waals surface area contributed by atoms with Crippen molar-refractivity contribution < 1.29 is 4.79 Å². The van der Waals surface area contributed by atoms with Gasteiger partial charge in [-0.1, -0.05) is 36.4 Å². The van der Waals surface area contributed by atoms with Crippen molar-refractivity contribution in [2.24, 2.45) is 0 Å². The summed E-state index contributed by atoms with van der Waals surface area (Å²) in [5, 5.41) is 2.84. The lowest BCUT2D eigenvalue weighted by molar-refractivity contribution is -0.114. The van der Waals surface area contributed by atoms with Crippen LogP contribution in [0.3, 0.4) is 0 Å². The molecule has 0 aliphatic heterocycles. The van der Waals surface area contributed by atoms with Crippen molar-refractivity contribution in [2.45, 2.75) is 13.3 Å². The fraction of sp³-hybridized carbons (Fsp3) is 0.154. The van der Waals surface area contributed by atoms with Crippen molar-refractivity contribution in [1.29, 1.82) is 0 Å². The summed E-state index contributed by atoms with van der Waals surface area (Å²) < 4.78 is 0. The minimum Gasteiger partial charge on any atom is -0.326 e. The van der Waals surface area contributed by atoms with Crippen molar-refractivity contribution >= 4 is 23.7 Å². The molecule has 0 aromatic heterocycles. The Balaban J connectivity index is 2.48. The number of hydrogen-bond donors (Lipinski definition) is 1. The zero-order valence-electron chi connectivity index (χ0n) is 8.66. The van der Waals surface area contributed by atoms with Crippen LogP contribution in [-0.2, 0) is 4.79 Å². The van der Waals surface area contributed by atoms with Crippen molar-refractivity contribution in [3.8, 4) is 0 Å². The summed E-state index contributed by atoms with van der Waals surface area (Å²) >= 11 is 0. The number of benzene rings is 1. The molecule has 2 rings (SSSR count). The molecule has 0 bridgehead atoms. The second-order valence-corrected chi connectivity index (χ2v) is 3.53. The van der Waals surface area contributed by atoms with Gasteiger partial charge in [-0.15, -0.1) is 0 Å². The average molecular weight is 199 g/mol. The van der Waals surface area contributed by atoms with Gasteiger partial charge in [0.2, 0.25) is 5.91 Å². The predicted octanol–water partition coefficient (Wildman–Crippen LogP) is 3.08. The number of nitrogens with one attached hydrogen (secondary N) is 1. The largest absolute Gasteiger partial charge is 0.326 e. The minimum absolute atomic E-state index is 0.0370. The Hall–Kier alpha value is -1.83. The molecule has 2 nitrogen and oxygen atoms in total. The molecule has 0 heterocycles. The molecule has 0 spiro atoms. The molecule has 0 radical (unpaired) electrons. The highest BCUT2D eigenvalue weighted by atomic mass is 16.1. The Bertz CT molecular complexity index is 444. The van der Waals surface area contributed by atoms with Crippen molar-refractivity contribution in [2.75, 3.05) is 5.32 Å². The lowest BCUT2D eigenvalue weighted by Crippen LogP contribution is -2.07. The molecule has 76 valence electrons. The molecule has 1 aliphatic carbocycles. The molecule has 15 heavy (non-hydrogen) atoms. The third-order valence-electron chi connectivity index (χ3n) is 2.30. The van der Waals surface area contributed by atoms with E-state index in [9.17, 15) is 4.79 Å². The number of carbonyl (C=O) groups is 1. The first-order valence-corrected chi connectivity index (χ1v) is 5.01. The molecule has 0 unspecified atom stereocenters. The molecule has 0 fully saturated rings. The fourth-order valence-corrected chi connectivity index (χ4v) is 1.67. The topological polar surface area (TPSA) is 29.1 Å². The first kappa shape index (κ1) is 9.71. The zero-order chi connectivity index (χ0) is 10.7. The monoisotopic (exact) mass is 199 g/mol. The highest BCUT2D eigenvalue weighted by molar-refractivity contribution is 5.92. The molecular formula is C13H13NO. The summed E-state index contributed by atoms with van der Waals surface area (Å²) in [4.78, 5) is 11.0. The fourth-order valence-electron chi connectivity index (χ4n) is 1.67. The van der Waals surface area contributed by atoms with Gasteiger partial charge < -0.3 is 5.32 Å². The number of carbonyl (C=O) groups excluding carboxylic acids is 1. The summed E-state index contributed by atoms with van der Waals surface area (Å²) in [5.74, 6) is -0.0370. The predicted molar refractivity (Wildman–Crippen MR) is 63.4 cm³/mol. The van der Waals surface area contributed by atoms with Crippen LogP contribution in [-0.4, -0.2) is 5.91 Å². The molecule has 1 aromatic rings. The van der Waals surface area contributed by atoms with Crippen LogP contribution >= 0.6 is 0 Å². The van der Waals surface area contributed by atoms with E-state index in [1.165, 1.54) is 6.92 Å². The van der Waals surface area contributed by atoms with E-state index in [1.807, 2.05) is 18.2 Å². The van der Waals surface area contributed by atoms with Gasteiger partial charge in [0, 0.05) is 18.2 Å². The number of fused-ring (bicyclic) bond motifs is 1. The van der Waals surface area contributed by atoms with Gasteiger partial charge in [0.05, 0.1) is 0 Å². The second-order valence-electron chi connectivity index (χ2n) is 3.53. The van der Waals surface area contributed by atoms with Gasteiger partial charge in [-0.25, -0.2) is 0 Å². The summed E-state index contributed by atoms with van der Waals surface area (Å²) in [6.45, 7) is 1.52. The summed E-state index contributed by atoms with van der Waals surface area (Å²) in [5.41, 5.74) is 3.11. The van der Waals surface area contributed by atoms with Crippen LogP contribution in [0.5, 0.6) is 0 Å². The van der Waals surface area contributed by atoms with E-state index >= 15 is 0 Å². The van der Waals surface area contributed by atoms with E-state index < -0.39 is 0 Å². The smallest absolute Gasteiger partial charge is 0.221 e. The number of allylic oxidation sites excluding steroid dienone is 2. The number of anilines is 1. The van der Waals surface area contributed by atoms with Gasteiger partial charge in [0.15, 0.2) is 0 Å². The number of hydrogen-bond acceptors (Lipinski definition) is 1. The Morgan fingerprint density at radius 2 is 2.07 bits per heavy atom. The van der Waals surface area contributed by atoms with E-state index in [0.29, 0.717) is 0 Å². The van der Waals surface area contributed by atoms with Crippen LogP contribution in [0.25, 0.3) is 12.2 Å². The molecular weight excluding hydrogens is 186 g/mol. The van der Waals surface area contributed by atoms with Crippen LogP contribution in [0.1, 0.15) is 24.5 Å². The first-order chi connectivity index (χ1) is 7.27. The molecule has 0 atom stereocenters. The van der Waals surface area contributed by atoms with Gasteiger partial charge in [-0.05, 0) is 18.1 Å². The lowest BCUT2D eigenvalue weighted by Gasteiger charge is -2.08. The Kier molecular flexibility index (Phi) is 2.68. The third kappa shape index (κ3) is 2.15. The van der Waals surface area contributed by atoms with Crippen molar-refractivity contribution in [3.05, 3.63) is 41.5 Å². The van der Waals surface area contributed by atoms with Gasteiger partial charge in [-0.3, -0.25) is 4.79 Å². The molecule has 1 aliphatic rings. The lowest BCUT2D eigenvalue weighted by atomic mass is 10.1. The Morgan fingerprint density at radius 1 is 1.27 bits per heavy atom. The zero-order valence-corrected chi connectivity index (χ0v) is 8.66. The molecule has 2 heteroatoms. The van der Waals surface area contributed by atoms with E-state index in [1.54, 1.807) is 0 Å². The SMILES string of the molecule is CC(=O)Nc1cccc2c1C=CCC=C2. The van der Waals surface area contributed by atoms with E-state index in [2.05, 4.69) is 29.6 Å². The summed E-state index contributed by atoms with van der Waals surface area (Å²) in [6.07, 6.45) is 9.28. The molecule has 1 N–H and O–H groups in total. The van der Waals surface area contributed by atoms with Crippen LogP contribution in [0.15, 0.2) is 30.4 Å². The summed E-state index contributed by atoms with van der Waals surface area (Å²) in [6, 6.07) is 5.92. The molecule has 1 aromatic carbocycles. The van der Waals surface area contributed by atoms with Crippen LogP contribution in [0.4, 0.5) is 5.69 Å². The maximum absolute atomic E-state index is 11.0. The number of amides is 1. The molecule has 0 saturated carbocycles. The minimum atomic E-state index is -0.0370. The van der Waals surface area contributed by atoms with Gasteiger partial charge in [-0.2, -0.15) is 0 Å². The normalized spacial score (nSPS) is 13.1. The number of rotatable bonds is 1. The Morgan fingerprint density at radius 3 is 2.87 bits per heavy atom. The van der Waals surface area contributed by atoms with E-state index in [-0.39, 0.29) is 5.91 Å². The van der Waals surface area contributed by atoms with Gasteiger partial charge in [0.25, 0.3) is 0 Å². The third-order valence-corrected chi connectivity index (χ3v) is 2.30. The van der Waals surface area contributed by atoms with Crippen LogP contribution in [0.2, 0.25) is 0 Å². The van der Waals surface area contributed by atoms with Gasteiger partial charge >= 0.3 is 0 Å². The summed E-state index contributed by atoms with van der Waals surface area (Å²) in [7, 11) is 0. The molecule has 0 saturated heterocycles. The van der Waals surface area contributed by atoms with Crippen LogP contribution < -0.4 is 5.32 Å². The Labute approximate surface area is 89.3 Å². The van der Waals surface area contributed by atoms with Gasteiger partial charge in [0.1, 0.15) is 0 Å². The van der Waals surface area contributed by atoms with Crippen molar-refractivity contribution in [1.82, 2.24) is 0 Å².